The first kappa shape index (κ1) is 23.1. The van der Waals surface area contributed by atoms with Crippen molar-refractivity contribution in [1.29, 1.82) is 0 Å². The van der Waals surface area contributed by atoms with Crippen LogP contribution in [0.15, 0.2) is 60.7 Å². The van der Waals surface area contributed by atoms with Crippen molar-refractivity contribution in [3.05, 3.63) is 82.4 Å². The summed E-state index contributed by atoms with van der Waals surface area (Å²) in [5.41, 5.74) is 3.05. The Morgan fingerprint density at radius 3 is 2.27 bits per heavy atom. The Labute approximate surface area is 199 Å². The fraction of sp³-hybridized carbons (Fsp3) is 0.346. The number of carbonyl (C=O) groups is 2. The van der Waals surface area contributed by atoms with E-state index >= 15 is 0 Å². The number of nitrogens with zero attached hydrogens (tertiary/aromatic N) is 2. The maximum absolute atomic E-state index is 13.3. The van der Waals surface area contributed by atoms with Crippen LogP contribution in [0.5, 0.6) is 0 Å². The second-order valence-electron chi connectivity index (χ2n) is 8.55. The number of rotatable bonds is 7. The molecular weight excluding hydrogens is 432 g/mol. The second-order valence-corrected chi connectivity index (χ2v) is 9.75. The van der Waals surface area contributed by atoms with Crippen LogP contribution < -0.4 is 10.6 Å². The quantitative estimate of drug-likeness (QED) is 0.549. The predicted octanol–water partition coefficient (Wildman–Crippen LogP) is 4.32. The van der Waals surface area contributed by atoms with Gasteiger partial charge in [0.15, 0.2) is 5.13 Å². The highest BCUT2D eigenvalue weighted by atomic mass is 32.1. The zero-order valence-electron chi connectivity index (χ0n) is 19.1. The molecule has 1 aromatic heterocycles. The normalized spacial score (nSPS) is 16.5. The van der Waals surface area contributed by atoms with Gasteiger partial charge < -0.3 is 10.6 Å². The summed E-state index contributed by atoms with van der Waals surface area (Å²) in [6, 6.07) is 19.9. The lowest BCUT2D eigenvalue weighted by Crippen LogP contribution is -2.46. The Kier molecular flexibility index (Phi) is 7.52. The minimum Gasteiger partial charge on any atom is -0.345 e. The summed E-state index contributed by atoms with van der Waals surface area (Å²) in [5.74, 6) is -0.203. The van der Waals surface area contributed by atoms with Gasteiger partial charge in [0.05, 0.1) is 24.2 Å². The molecule has 4 rings (SSSR count). The van der Waals surface area contributed by atoms with Gasteiger partial charge >= 0.3 is 0 Å². The van der Waals surface area contributed by atoms with Crippen LogP contribution in [0.4, 0.5) is 5.13 Å². The molecule has 0 saturated carbocycles. The molecule has 1 fully saturated rings. The fourth-order valence-electron chi connectivity index (χ4n) is 4.21. The predicted molar refractivity (Wildman–Crippen MR) is 132 cm³/mol. The van der Waals surface area contributed by atoms with Crippen LogP contribution in [0, 0.1) is 19.8 Å². The summed E-state index contributed by atoms with van der Waals surface area (Å²) in [6.07, 6.45) is 1.72. The summed E-state index contributed by atoms with van der Waals surface area (Å²) in [5, 5.41) is 6.80. The van der Waals surface area contributed by atoms with E-state index in [0.29, 0.717) is 11.7 Å². The molecule has 1 aliphatic heterocycles. The highest BCUT2D eigenvalue weighted by Crippen LogP contribution is 2.25. The largest absolute Gasteiger partial charge is 0.345 e. The van der Waals surface area contributed by atoms with Crippen molar-refractivity contribution in [2.75, 3.05) is 25.0 Å². The average molecular weight is 463 g/mol. The molecule has 6 nitrogen and oxygen atoms in total. The van der Waals surface area contributed by atoms with Gasteiger partial charge in [-0.15, -0.1) is 11.3 Å². The van der Waals surface area contributed by atoms with Crippen LogP contribution in [0.25, 0.3) is 0 Å². The maximum Gasteiger partial charge on any atom is 0.240 e. The minimum absolute atomic E-state index is 0.0315. The van der Waals surface area contributed by atoms with E-state index in [9.17, 15) is 9.59 Å². The number of aryl methyl sites for hydroxylation is 2. The monoisotopic (exact) mass is 462 g/mol. The van der Waals surface area contributed by atoms with Crippen LogP contribution in [0.3, 0.4) is 0 Å². The zero-order valence-corrected chi connectivity index (χ0v) is 19.9. The Morgan fingerprint density at radius 1 is 1.06 bits per heavy atom. The smallest absolute Gasteiger partial charge is 0.240 e. The fourth-order valence-corrected chi connectivity index (χ4v) is 5.04. The Bertz CT molecular complexity index is 1030. The molecule has 0 radical (unpaired) electrons. The first-order chi connectivity index (χ1) is 16.0. The molecule has 2 heterocycles. The van der Waals surface area contributed by atoms with Crippen LogP contribution in [0.2, 0.25) is 0 Å². The van der Waals surface area contributed by atoms with Crippen LogP contribution in [0.1, 0.15) is 40.6 Å². The van der Waals surface area contributed by atoms with Gasteiger partial charge in [0.1, 0.15) is 0 Å². The first-order valence-corrected chi connectivity index (χ1v) is 12.2. The molecule has 1 atom stereocenters. The molecule has 2 amide bonds. The Balaban J connectivity index is 1.38. The molecule has 2 N–H and O–H groups in total. The summed E-state index contributed by atoms with van der Waals surface area (Å²) >= 11 is 1.49. The minimum atomic E-state index is -0.199. The summed E-state index contributed by atoms with van der Waals surface area (Å²) in [4.78, 5) is 33.4. The molecule has 1 aliphatic rings. The van der Waals surface area contributed by atoms with E-state index < -0.39 is 0 Å². The molecule has 33 heavy (non-hydrogen) atoms. The molecule has 7 heteroatoms. The molecular formula is C26H30N4O2S. The van der Waals surface area contributed by atoms with Crippen LogP contribution in [-0.4, -0.2) is 41.3 Å². The lowest BCUT2D eigenvalue weighted by atomic mass is 9.94. The number of hydrogen-bond donors (Lipinski definition) is 2. The molecule has 3 aromatic rings. The third kappa shape index (κ3) is 6.06. The second kappa shape index (κ2) is 10.7. The number of benzene rings is 2. The average Bonchev–Trinajstić information content (AvgIpc) is 3.14. The van der Waals surface area contributed by atoms with Crippen molar-refractivity contribution in [1.82, 2.24) is 15.2 Å². The van der Waals surface area contributed by atoms with Crippen molar-refractivity contribution in [3.8, 4) is 0 Å². The summed E-state index contributed by atoms with van der Waals surface area (Å²) in [6.45, 7) is 5.59. The van der Waals surface area contributed by atoms with Crippen molar-refractivity contribution in [2.45, 2.75) is 32.7 Å². The Morgan fingerprint density at radius 2 is 1.70 bits per heavy atom. The van der Waals surface area contributed by atoms with E-state index in [0.717, 1.165) is 41.1 Å². The van der Waals surface area contributed by atoms with Crippen molar-refractivity contribution >= 4 is 28.3 Å². The van der Waals surface area contributed by atoms with Crippen molar-refractivity contribution in [2.24, 2.45) is 5.92 Å². The maximum atomic E-state index is 13.3. The third-order valence-electron chi connectivity index (χ3n) is 6.07. The van der Waals surface area contributed by atoms with Crippen molar-refractivity contribution in [3.63, 3.8) is 0 Å². The van der Waals surface area contributed by atoms with E-state index in [1.807, 2.05) is 74.5 Å². The molecule has 0 aliphatic carbocycles. The number of thiazole rings is 1. The first-order valence-electron chi connectivity index (χ1n) is 11.4. The van der Waals surface area contributed by atoms with Gasteiger partial charge in [-0.1, -0.05) is 60.7 Å². The van der Waals surface area contributed by atoms with Gasteiger partial charge in [-0.3, -0.25) is 14.5 Å². The molecule has 0 bridgehead atoms. The topological polar surface area (TPSA) is 74.3 Å². The van der Waals surface area contributed by atoms with Crippen LogP contribution in [-0.2, 0) is 9.59 Å². The van der Waals surface area contributed by atoms with Crippen LogP contribution >= 0.6 is 11.3 Å². The SMILES string of the molecule is Cc1nc(NC(=O)CN2CCCC(C(=O)NC(c3ccccc3)c3ccccc3)C2)sc1C. The number of aromatic nitrogens is 1. The third-order valence-corrected chi connectivity index (χ3v) is 7.06. The number of amides is 2. The number of carbonyl (C=O) groups excluding carboxylic acids is 2. The molecule has 172 valence electrons. The van der Waals surface area contributed by atoms with Gasteiger partial charge in [0, 0.05) is 11.4 Å². The molecule has 1 saturated heterocycles. The highest BCUT2D eigenvalue weighted by Gasteiger charge is 2.29. The van der Waals surface area contributed by atoms with E-state index in [4.69, 9.17) is 0 Å². The molecule has 0 spiro atoms. The number of piperidine rings is 1. The molecule has 2 aromatic carbocycles. The van der Waals surface area contributed by atoms with E-state index in [1.165, 1.54) is 11.3 Å². The van der Waals surface area contributed by atoms with E-state index in [2.05, 4.69) is 20.5 Å². The van der Waals surface area contributed by atoms with Gasteiger partial charge in [0.2, 0.25) is 11.8 Å². The van der Waals surface area contributed by atoms with Crippen molar-refractivity contribution < 1.29 is 9.59 Å². The van der Waals surface area contributed by atoms with E-state index in [1.54, 1.807) is 0 Å². The Hall–Kier alpha value is -3.03. The number of hydrogen-bond acceptors (Lipinski definition) is 5. The van der Waals surface area contributed by atoms with Gasteiger partial charge in [-0.25, -0.2) is 4.98 Å². The lowest BCUT2D eigenvalue weighted by molar-refractivity contribution is -0.128. The highest BCUT2D eigenvalue weighted by molar-refractivity contribution is 7.15. The standard InChI is InChI=1S/C26H30N4O2S/c1-18-19(2)33-26(27-18)28-23(31)17-30-15-9-14-22(16-30)25(32)29-24(20-10-5-3-6-11-20)21-12-7-4-8-13-21/h3-8,10-13,22,24H,9,14-17H2,1-2H3,(H,29,32)(H,27,28,31). The molecule has 1 unspecified atom stereocenters. The number of nitrogens with one attached hydrogen (secondary N) is 2. The number of anilines is 1. The van der Waals surface area contributed by atoms with E-state index in [-0.39, 0.29) is 30.3 Å². The number of likely N-dealkylation sites (tertiary alicyclic amines) is 1. The van der Waals surface area contributed by atoms with Gasteiger partial charge in [-0.05, 0) is 44.4 Å². The summed E-state index contributed by atoms with van der Waals surface area (Å²) < 4.78 is 0. The zero-order chi connectivity index (χ0) is 23.2. The van der Waals surface area contributed by atoms with Gasteiger partial charge in [0.25, 0.3) is 0 Å². The lowest BCUT2D eigenvalue weighted by Gasteiger charge is -2.32. The van der Waals surface area contributed by atoms with Gasteiger partial charge in [-0.2, -0.15) is 0 Å². The summed E-state index contributed by atoms with van der Waals surface area (Å²) in [7, 11) is 0.